The van der Waals surface area contributed by atoms with E-state index in [0.29, 0.717) is 10.6 Å². The van der Waals surface area contributed by atoms with E-state index in [4.69, 9.17) is 11.6 Å². The molecular formula is C18H20ClNO. The predicted molar refractivity (Wildman–Crippen MR) is 87.9 cm³/mol. The Hall–Kier alpha value is -1.80. The van der Waals surface area contributed by atoms with Crippen molar-refractivity contribution in [3.63, 3.8) is 0 Å². The van der Waals surface area contributed by atoms with Gasteiger partial charge < -0.3 is 5.32 Å². The fraction of sp³-hybridized carbons (Fsp3) is 0.278. The minimum Gasteiger partial charge on any atom is -0.350 e. The third-order valence-electron chi connectivity index (χ3n) is 3.46. The molecule has 0 unspecified atom stereocenters. The van der Waals surface area contributed by atoms with Crippen LogP contribution in [0.25, 0.3) is 0 Å². The zero-order valence-electron chi connectivity index (χ0n) is 12.4. The van der Waals surface area contributed by atoms with Gasteiger partial charge in [0.05, 0.1) is 10.6 Å². The number of benzene rings is 2. The van der Waals surface area contributed by atoms with Gasteiger partial charge in [0.25, 0.3) is 5.91 Å². The molecule has 0 spiro atoms. The van der Waals surface area contributed by atoms with Crippen LogP contribution in [0, 0.1) is 6.92 Å². The summed E-state index contributed by atoms with van der Waals surface area (Å²) in [6, 6.07) is 15.9. The van der Waals surface area contributed by atoms with E-state index in [1.165, 1.54) is 5.56 Å². The minimum atomic E-state index is -0.111. The highest BCUT2D eigenvalue weighted by Gasteiger charge is 2.13. The number of aryl methyl sites for hydroxylation is 2. The molecule has 0 heterocycles. The van der Waals surface area contributed by atoms with E-state index in [-0.39, 0.29) is 11.9 Å². The van der Waals surface area contributed by atoms with Gasteiger partial charge in [-0.2, -0.15) is 0 Å². The second-order valence-electron chi connectivity index (χ2n) is 5.38. The summed E-state index contributed by atoms with van der Waals surface area (Å²) in [7, 11) is 0. The molecule has 0 aromatic heterocycles. The number of amides is 1. The second kappa shape index (κ2) is 7.28. The van der Waals surface area contributed by atoms with Crippen LogP contribution >= 0.6 is 11.6 Å². The van der Waals surface area contributed by atoms with Crippen LogP contribution in [0.5, 0.6) is 0 Å². The molecule has 21 heavy (non-hydrogen) atoms. The van der Waals surface area contributed by atoms with Gasteiger partial charge in [-0.15, -0.1) is 0 Å². The van der Waals surface area contributed by atoms with E-state index in [1.54, 1.807) is 6.07 Å². The Labute approximate surface area is 131 Å². The fourth-order valence-electron chi connectivity index (χ4n) is 2.21. The number of hydrogen-bond donors (Lipinski definition) is 1. The molecular weight excluding hydrogens is 282 g/mol. The van der Waals surface area contributed by atoms with Crippen LogP contribution in [0.3, 0.4) is 0 Å². The van der Waals surface area contributed by atoms with Crippen LogP contribution in [-0.4, -0.2) is 11.9 Å². The summed E-state index contributed by atoms with van der Waals surface area (Å²) >= 11 is 6.12. The first-order valence-electron chi connectivity index (χ1n) is 7.17. The summed E-state index contributed by atoms with van der Waals surface area (Å²) in [5, 5.41) is 3.51. The van der Waals surface area contributed by atoms with Crippen molar-refractivity contribution in [1.29, 1.82) is 0 Å². The third kappa shape index (κ3) is 4.61. The van der Waals surface area contributed by atoms with Crippen molar-refractivity contribution in [2.24, 2.45) is 0 Å². The van der Waals surface area contributed by atoms with Crippen molar-refractivity contribution in [2.75, 3.05) is 0 Å². The Bertz CT molecular complexity index is 610. The van der Waals surface area contributed by atoms with Gasteiger partial charge in [-0.05, 0) is 49.9 Å². The molecule has 1 N–H and O–H groups in total. The normalized spacial score (nSPS) is 12.0. The molecule has 2 rings (SSSR count). The van der Waals surface area contributed by atoms with Gasteiger partial charge in [0.1, 0.15) is 0 Å². The average molecular weight is 302 g/mol. The van der Waals surface area contributed by atoms with Gasteiger partial charge in [0.2, 0.25) is 0 Å². The summed E-state index contributed by atoms with van der Waals surface area (Å²) < 4.78 is 0. The van der Waals surface area contributed by atoms with Gasteiger partial charge in [0, 0.05) is 6.04 Å². The van der Waals surface area contributed by atoms with E-state index in [1.807, 2.05) is 44.2 Å². The van der Waals surface area contributed by atoms with Gasteiger partial charge in [0.15, 0.2) is 0 Å². The molecule has 0 aliphatic rings. The highest BCUT2D eigenvalue weighted by Crippen LogP contribution is 2.17. The van der Waals surface area contributed by atoms with Crippen molar-refractivity contribution < 1.29 is 4.79 Å². The summed E-state index contributed by atoms with van der Waals surface area (Å²) in [6.45, 7) is 3.97. The van der Waals surface area contributed by atoms with E-state index in [9.17, 15) is 4.79 Å². The molecule has 0 saturated heterocycles. The van der Waals surface area contributed by atoms with Crippen LogP contribution in [0.15, 0.2) is 48.5 Å². The zero-order chi connectivity index (χ0) is 15.2. The van der Waals surface area contributed by atoms with Crippen LogP contribution in [0.1, 0.15) is 34.8 Å². The van der Waals surface area contributed by atoms with Crippen LogP contribution in [-0.2, 0) is 6.42 Å². The Morgan fingerprint density at radius 2 is 1.90 bits per heavy atom. The fourth-order valence-corrected chi connectivity index (χ4v) is 2.53. The number of carbonyl (C=O) groups is 1. The number of hydrogen-bond acceptors (Lipinski definition) is 1. The summed E-state index contributed by atoms with van der Waals surface area (Å²) in [6.07, 6.45) is 1.85. The van der Waals surface area contributed by atoms with Crippen molar-refractivity contribution >= 4 is 17.5 Å². The third-order valence-corrected chi connectivity index (χ3v) is 3.77. The first-order valence-corrected chi connectivity index (χ1v) is 7.55. The Balaban J connectivity index is 1.90. The smallest absolute Gasteiger partial charge is 0.252 e. The molecule has 1 atom stereocenters. The molecule has 0 bridgehead atoms. The first kappa shape index (κ1) is 15.6. The SMILES string of the molecule is Cc1ccc(C(=O)N[C@H](C)CCc2ccccc2)c(Cl)c1. The van der Waals surface area contributed by atoms with Gasteiger partial charge in [-0.3, -0.25) is 4.79 Å². The van der Waals surface area contributed by atoms with Gasteiger partial charge in [-0.25, -0.2) is 0 Å². The molecule has 2 aromatic carbocycles. The van der Waals surface area contributed by atoms with Crippen LogP contribution < -0.4 is 5.32 Å². The molecule has 0 aliphatic carbocycles. The molecule has 0 aliphatic heterocycles. The number of halogens is 1. The van der Waals surface area contributed by atoms with E-state index in [0.717, 1.165) is 18.4 Å². The standard InChI is InChI=1S/C18H20ClNO/c1-13-8-11-16(17(19)12-13)18(21)20-14(2)9-10-15-6-4-3-5-7-15/h3-8,11-12,14H,9-10H2,1-2H3,(H,20,21)/t14-/m1/s1. The number of carbonyl (C=O) groups excluding carboxylic acids is 1. The second-order valence-corrected chi connectivity index (χ2v) is 5.79. The zero-order valence-corrected chi connectivity index (χ0v) is 13.2. The number of nitrogens with one attached hydrogen (secondary N) is 1. The minimum absolute atomic E-state index is 0.107. The largest absolute Gasteiger partial charge is 0.350 e. The summed E-state index contributed by atoms with van der Waals surface area (Å²) in [5.41, 5.74) is 2.87. The van der Waals surface area contributed by atoms with Crippen LogP contribution in [0.2, 0.25) is 5.02 Å². The highest BCUT2D eigenvalue weighted by atomic mass is 35.5. The highest BCUT2D eigenvalue weighted by molar-refractivity contribution is 6.33. The lowest BCUT2D eigenvalue weighted by molar-refractivity contribution is 0.0938. The van der Waals surface area contributed by atoms with Crippen molar-refractivity contribution in [1.82, 2.24) is 5.32 Å². The van der Waals surface area contributed by atoms with E-state index in [2.05, 4.69) is 17.4 Å². The lowest BCUT2D eigenvalue weighted by Crippen LogP contribution is -2.33. The summed E-state index contributed by atoms with van der Waals surface area (Å²) in [5.74, 6) is -0.111. The Morgan fingerprint density at radius 1 is 1.19 bits per heavy atom. The lowest BCUT2D eigenvalue weighted by Gasteiger charge is -2.14. The maximum Gasteiger partial charge on any atom is 0.252 e. The molecule has 1 amide bonds. The molecule has 2 nitrogen and oxygen atoms in total. The van der Waals surface area contributed by atoms with E-state index >= 15 is 0 Å². The average Bonchev–Trinajstić information content (AvgIpc) is 2.46. The van der Waals surface area contributed by atoms with Crippen LogP contribution in [0.4, 0.5) is 0 Å². The van der Waals surface area contributed by atoms with Gasteiger partial charge in [-0.1, -0.05) is 48.0 Å². The molecule has 3 heteroatoms. The Kier molecular flexibility index (Phi) is 5.40. The van der Waals surface area contributed by atoms with Gasteiger partial charge >= 0.3 is 0 Å². The maximum absolute atomic E-state index is 12.2. The summed E-state index contributed by atoms with van der Waals surface area (Å²) in [4.78, 5) is 12.2. The van der Waals surface area contributed by atoms with Crippen molar-refractivity contribution in [2.45, 2.75) is 32.7 Å². The molecule has 110 valence electrons. The monoisotopic (exact) mass is 301 g/mol. The van der Waals surface area contributed by atoms with E-state index < -0.39 is 0 Å². The topological polar surface area (TPSA) is 29.1 Å². The predicted octanol–water partition coefficient (Wildman–Crippen LogP) is 4.40. The van der Waals surface area contributed by atoms with Crippen molar-refractivity contribution in [3.05, 3.63) is 70.2 Å². The number of rotatable bonds is 5. The lowest BCUT2D eigenvalue weighted by atomic mass is 10.1. The quantitative estimate of drug-likeness (QED) is 0.871. The first-order chi connectivity index (χ1) is 10.1. The Morgan fingerprint density at radius 3 is 2.57 bits per heavy atom. The van der Waals surface area contributed by atoms with Crippen molar-refractivity contribution in [3.8, 4) is 0 Å². The molecule has 0 saturated carbocycles. The molecule has 2 aromatic rings. The molecule has 0 radical (unpaired) electrons. The molecule has 0 fully saturated rings. The maximum atomic E-state index is 12.2.